The Balaban J connectivity index is 1.45. The van der Waals surface area contributed by atoms with Crippen LogP contribution in [0.2, 0.25) is 0 Å². The van der Waals surface area contributed by atoms with Gasteiger partial charge in [-0.25, -0.2) is 13.8 Å². The summed E-state index contributed by atoms with van der Waals surface area (Å²) in [5.74, 6) is -1.88. The highest BCUT2D eigenvalue weighted by Gasteiger charge is 2.48. The zero-order valence-corrected chi connectivity index (χ0v) is 20.3. The number of aromatic nitrogens is 3. The van der Waals surface area contributed by atoms with Crippen molar-refractivity contribution >= 4 is 27.6 Å². The quantitative estimate of drug-likeness (QED) is 0.355. The second kappa shape index (κ2) is 9.30. The van der Waals surface area contributed by atoms with E-state index in [0.717, 1.165) is 38.8 Å². The van der Waals surface area contributed by atoms with Gasteiger partial charge in [-0.2, -0.15) is 18.2 Å². The van der Waals surface area contributed by atoms with Gasteiger partial charge in [0, 0.05) is 42.8 Å². The normalized spacial score (nSPS) is 21.2. The van der Waals surface area contributed by atoms with Crippen molar-refractivity contribution in [3.8, 4) is 17.1 Å². The topological polar surface area (TPSA) is 64.4 Å². The molecule has 2 saturated heterocycles. The third-order valence-corrected chi connectivity index (χ3v) is 7.73. The number of benzene rings is 2. The molecule has 2 aromatic carbocycles. The first-order valence-corrected chi connectivity index (χ1v) is 12.6. The smallest absolute Gasteiger partial charge is 0.422 e. The fraction of sp³-hybridized carbons (Fsp3) is 0.370. The second-order valence-electron chi connectivity index (χ2n) is 10.0. The van der Waals surface area contributed by atoms with Gasteiger partial charge in [0.25, 0.3) is 0 Å². The van der Waals surface area contributed by atoms with Gasteiger partial charge >= 0.3 is 6.18 Å². The number of hydrogen-bond acceptors (Lipinski definition) is 5. The number of alkyl halides is 3. The fourth-order valence-corrected chi connectivity index (χ4v) is 6.01. The third-order valence-electron chi connectivity index (χ3n) is 7.73. The molecule has 4 heterocycles. The third kappa shape index (κ3) is 4.38. The number of ether oxygens (including phenoxy) is 1. The molecule has 2 aliphatic rings. The summed E-state index contributed by atoms with van der Waals surface area (Å²) < 4.78 is 74.7. The van der Waals surface area contributed by atoms with Crippen molar-refractivity contribution in [2.75, 3.05) is 31.6 Å². The summed E-state index contributed by atoms with van der Waals surface area (Å²) in [6.07, 6.45) is 0.793. The zero-order chi connectivity index (χ0) is 26.5. The minimum absolute atomic E-state index is 0.00768. The number of nitrogens with zero attached hydrogens (tertiary/aromatic N) is 3. The Morgan fingerprint density at radius 2 is 1.74 bits per heavy atom. The molecular formula is C27H25F5N5O+. The van der Waals surface area contributed by atoms with E-state index in [4.69, 9.17) is 4.74 Å². The van der Waals surface area contributed by atoms with E-state index in [1.54, 1.807) is 30.3 Å². The number of quaternary nitrogens is 1. The number of pyridine rings is 1. The molecule has 4 aromatic rings. The van der Waals surface area contributed by atoms with Crippen LogP contribution in [0.5, 0.6) is 5.88 Å². The van der Waals surface area contributed by atoms with Gasteiger partial charge in [0.05, 0.1) is 25.0 Å². The molecule has 0 bridgehead atoms. The Morgan fingerprint density at radius 1 is 1.00 bits per heavy atom. The molecule has 6 nitrogen and oxygen atoms in total. The van der Waals surface area contributed by atoms with Gasteiger partial charge in [0.1, 0.15) is 22.6 Å². The number of anilines is 1. The van der Waals surface area contributed by atoms with Crippen molar-refractivity contribution in [3.05, 3.63) is 54.2 Å². The molecule has 2 aromatic heterocycles. The van der Waals surface area contributed by atoms with E-state index >= 15 is 4.39 Å². The number of halogens is 5. The minimum Gasteiger partial charge on any atom is -0.467 e. The molecule has 38 heavy (non-hydrogen) atoms. The van der Waals surface area contributed by atoms with E-state index in [1.165, 1.54) is 17.2 Å². The minimum atomic E-state index is -4.62. The van der Waals surface area contributed by atoms with Crippen LogP contribution in [-0.4, -0.2) is 52.9 Å². The maximum atomic E-state index is 16.0. The molecule has 6 rings (SSSR count). The van der Waals surface area contributed by atoms with Crippen molar-refractivity contribution in [1.29, 1.82) is 0 Å². The van der Waals surface area contributed by atoms with E-state index in [2.05, 4.69) is 20.3 Å². The molecule has 0 saturated carbocycles. The molecule has 2 aliphatic heterocycles. The summed E-state index contributed by atoms with van der Waals surface area (Å²) in [5.41, 5.74) is -0.202. The van der Waals surface area contributed by atoms with Crippen LogP contribution >= 0.6 is 0 Å². The predicted octanol–water partition coefficient (Wildman–Crippen LogP) is 4.69. The van der Waals surface area contributed by atoms with Crippen LogP contribution in [0.1, 0.15) is 25.7 Å². The molecule has 2 fully saturated rings. The molecule has 0 radical (unpaired) electrons. The van der Waals surface area contributed by atoms with Crippen LogP contribution in [0.25, 0.3) is 32.9 Å². The Morgan fingerprint density at radius 3 is 2.47 bits per heavy atom. The maximum absolute atomic E-state index is 16.0. The van der Waals surface area contributed by atoms with Gasteiger partial charge in [-0.1, -0.05) is 30.3 Å². The molecule has 0 aliphatic carbocycles. The van der Waals surface area contributed by atoms with Crippen molar-refractivity contribution in [2.45, 2.75) is 37.4 Å². The van der Waals surface area contributed by atoms with E-state index in [9.17, 15) is 17.6 Å². The molecule has 0 unspecified atom stereocenters. The zero-order valence-electron chi connectivity index (χ0n) is 20.3. The summed E-state index contributed by atoms with van der Waals surface area (Å²) in [5, 5.41) is 3.79. The lowest BCUT2D eigenvalue weighted by Crippen LogP contribution is -3.16. The van der Waals surface area contributed by atoms with Crippen LogP contribution < -0.4 is 15.0 Å². The number of hydrogen-bond donors (Lipinski definition) is 2. The average molecular weight is 531 g/mol. The molecule has 0 amide bonds. The fourth-order valence-electron chi connectivity index (χ4n) is 6.01. The van der Waals surface area contributed by atoms with Crippen molar-refractivity contribution in [1.82, 2.24) is 15.0 Å². The Bertz CT molecular complexity index is 1510. The lowest BCUT2D eigenvalue weighted by molar-refractivity contribution is -0.923. The van der Waals surface area contributed by atoms with E-state index in [-0.39, 0.29) is 39.0 Å². The highest BCUT2D eigenvalue weighted by molar-refractivity contribution is 5.98. The monoisotopic (exact) mass is 530 g/mol. The Hall–Kier alpha value is -3.60. The van der Waals surface area contributed by atoms with Gasteiger partial charge in [-0.05, 0) is 11.5 Å². The molecule has 198 valence electrons. The van der Waals surface area contributed by atoms with E-state index < -0.39 is 30.3 Å². The highest BCUT2D eigenvalue weighted by atomic mass is 19.4. The summed E-state index contributed by atoms with van der Waals surface area (Å²) in [7, 11) is 0. The van der Waals surface area contributed by atoms with Crippen molar-refractivity contribution in [2.24, 2.45) is 0 Å². The molecule has 0 atom stereocenters. The highest BCUT2D eigenvalue weighted by Crippen LogP contribution is 2.35. The van der Waals surface area contributed by atoms with Crippen LogP contribution in [0.4, 0.5) is 27.9 Å². The number of rotatable bonds is 6. The van der Waals surface area contributed by atoms with Crippen molar-refractivity contribution < 1.29 is 31.6 Å². The van der Waals surface area contributed by atoms with Crippen molar-refractivity contribution in [3.63, 3.8) is 0 Å². The van der Waals surface area contributed by atoms with Gasteiger partial charge < -0.3 is 15.0 Å². The lowest BCUT2D eigenvalue weighted by atomic mass is 9.94. The molecule has 2 N–H and O–H groups in total. The Labute approximate surface area is 214 Å². The second-order valence-corrected chi connectivity index (χ2v) is 10.0. The largest absolute Gasteiger partial charge is 0.467 e. The van der Waals surface area contributed by atoms with Crippen LogP contribution in [0, 0.1) is 11.6 Å². The maximum Gasteiger partial charge on any atom is 0.422 e. The summed E-state index contributed by atoms with van der Waals surface area (Å²) in [6, 6.07) is 9.42. The van der Waals surface area contributed by atoms with Gasteiger partial charge in [-0.15, -0.1) is 0 Å². The predicted molar refractivity (Wildman–Crippen MR) is 132 cm³/mol. The van der Waals surface area contributed by atoms with Crippen LogP contribution in [0.15, 0.2) is 42.6 Å². The van der Waals surface area contributed by atoms with Gasteiger partial charge in [-0.3, -0.25) is 4.98 Å². The van der Waals surface area contributed by atoms with Crippen LogP contribution in [-0.2, 0) is 0 Å². The lowest BCUT2D eigenvalue weighted by Gasteiger charge is -2.28. The summed E-state index contributed by atoms with van der Waals surface area (Å²) in [4.78, 5) is 14.1. The van der Waals surface area contributed by atoms with Gasteiger partial charge in [0.2, 0.25) is 11.8 Å². The molecule has 0 spiro atoms. The first-order chi connectivity index (χ1) is 18.2. The first-order valence-electron chi connectivity index (χ1n) is 12.6. The number of fused-ring (bicyclic) bond motifs is 3. The first kappa shape index (κ1) is 24.7. The van der Waals surface area contributed by atoms with E-state index in [0.29, 0.717) is 11.9 Å². The average Bonchev–Trinajstić information content (AvgIpc) is 3.47. The standard InChI is InChI=1S/C27H24F5N5O/c28-19-8-2-6-16-5-1-7-17(20(16)19)22-21(29)23-18(13-33-22)24(38-15-27(30,31)32)36-25(35-23)34-14-26-9-3-11-37(26)12-4-10-26/h1-2,5-8,13H,3-4,9-12,14-15H2,(H,34,35,36)/p+1. The molecule has 11 heteroatoms. The van der Waals surface area contributed by atoms with Crippen LogP contribution in [0.3, 0.4) is 0 Å². The summed E-state index contributed by atoms with van der Waals surface area (Å²) in [6.45, 7) is 1.07. The number of nitrogens with one attached hydrogen (secondary N) is 2. The van der Waals surface area contributed by atoms with Gasteiger partial charge in [0.15, 0.2) is 12.4 Å². The molecular weight excluding hydrogens is 505 g/mol. The summed E-state index contributed by atoms with van der Waals surface area (Å²) >= 11 is 0. The SMILES string of the molecule is Fc1c(-c2cccc3cccc(F)c23)ncc2c(OCC(F)(F)F)nc(NCC34CCC[NH+]3CCC4)nc12. The Kier molecular flexibility index (Phi) is 6.05. The van der Waals surface area contributed by atoms with E-state index in [1.807, 2.05) is 0 Å².